The molecule has 202 valence electrons. The number of nitrogens with two attached hydrogens (primary N) is 3. The Morgan fingerprint density at radius 2 is 2.11 bits per heavy atom. The molecular formula is C20H24N10O5S3. The van der Waals surface area contributed by atoms with Crippen molar-refractivity contribution in [3.63, 3.8) is 0 Å². The van der Waals surface area contributed by atoms with Gasteiger partial charge in [-0.2, -0.15) is 9.36 Å². The van der Waals surface area contributed by atoms with Gasteiger partial charge in [-0.25, -0.2) is 4.57 Å². The monoisotopic (exact) mass is 580 g/mol. The number of carbonyl (C=O) groups excluding carboxylic acids is 3. The summed E-state index contributed by atoms with van der Waals surface area (Å²) in [6.07, 6.45) is 0. The van der Waals surface area contributed by atoms with E-state index in [0.717, 1.165) is 16.4 Å². The number of thioether (sulfide) groups is 2. The van der Waals surface area contributed by atoms with Crippen LogP contribution in [0, 0.1) is 0 Å². The highest BCUT2D eigenvalue weighted by atomic mass is 32.2. The van der Waals surface area contributed by atoms with Crippen molar-refractivity contribution in [1.29, 1.82) is 0 Å². The first-order chi connectivity index (χ1) is 18.2. The summed E-state index contributed by atoms with van der Waals surface area (Å²) < 4.78 is 5.71. The second-order valence-corrected chi connectivity index (χ2v) is 10.7. The third-order valence-electron chi connectivity index (χ3n) is 5.44. The van der Waals surface area contributed by atoms with E-state index in [4.69, 9.17) is 22.0 Å². The van der Waals surface area contributed by atoms with Gasteiger partial charge < -0.3 is 37.3 Å². The van der Waals surface area contributed by atoms with Gasteiger partial charge >= 0.3 is 5.16 Å². The summed E-state index contributed by atoms with van der Waals surface area (Å²) in [5.41, 5.74) is 17.4. The number of carbonyl (C=O) groups is 3. The maximum Gasteiger partial charge on any atom is 0.301 e. The Hall–Kier alpha value is -3.64. The van der Waals surface area contributed by atoms with Crippen molar-refractivity contribution in [2.75, 3.05) is 35.3 Å². The predicted molar refractivity (Wildman–Crippen MR) is 139 cm³/mol. The molecule has 2 atom stereocenters. The van der Waals surface area contributed by atoms with Crippen LogP contribution >= 0.6 is 35.1 Å². The largest absolute Gasteiger partial charge is 0.543 e. The number of hydrogen-bond donors (Lipinski definition) is 4. The van der Waals surface area contributed by atoms with Crippen molar-refractivity contribution in [3.8, 4) is 0 Å². The van der Waals surface area contributed by atoms with Crippen LogP contribution in [0.4, 0.5) is 16.8 Å². The van der Waals surface area contributed by atoms with Gasteiger partial charge in [0.2, 0.25) is 23.2 Å². The standard InChI is InChI=1S/C20H24N10O5S3/c1-3-29-10(22)5-9(21)24-20(29)37-7-8-6-36-17-12(16(32)30(17)13(8)18(33)34)25-15(31)11(27-35-4-2)14-26-19(23)38-28-14/h5,12,17H,3-4,6-7H2,1-2H3,(H7,21,22,23,25,26,28,31,33,34)/b27-11-. The minimum Gasteiger partial charge on any atom is -0.543 e. The van der Waals surface area contributed by atoms with Crippen molar-refractivity contribution < 1.29 is 28.9 Å². The number of fused-ring (bicyclic) bond motifs is 1. The number of amides is 2. The summed E-state index contributed by atoms with van der Waals surface area (Å²) in [7, 11) is 0. The Balaban J connectivity index is 1.52. The molecule has 0 aromatic carbocycles. The molecular weight excluding hydrogens is 556 g/mol. The number of aromatic nitrogens is 4. The second kappa shape index (κ2) is 11.4. The first-order valence-corrected chi connectivity index (χ1v) is 14.0. The summed E-state index contributed by atoms with van der Waals surface area (Å²) in [4.78, 5) is 52.4. The molecule has 0 saturated carbocycles. The molecule has 2 unspecified atom stereocenters. The quantitative estimate of drug-likeness (QED) is 0.0591. The fraction of sp³-hybridized carbons (Fsp3) is 0.400. The average Bonchev–Trinajstić information content (AvgIpc) is 3.30. The van der Waals surface area contributed by atoms with E-state index in [2.05, 4.69) is 24.8 Å². The van der Waals surface area contributed by atoms with Crippen molar-refractivity contribution in [3.05, 3.63) is 23.2 Å². The number of nitrogens with zero attached hydrogens (tertiary/aromatic N) is 6. The van der Waals surface area contributed by atoms with Crippen LogP contribution in [0.3, 0.4) is 0 Å². The van der Waals surface area contributed by atoms with Gasteiger partial charge in [-0.3, -0.25) is 14.5 Å². The number of β-lactam (4-membered cyclic amide) rings is 1. The number of nitrogens with one attached hydrogen (secondary N) is 1. The van der Waals surface area contributed by atoms with E-state index in [1.807, 2.05) is 6.92 Å². The highest BCUT2D eigenvalue weighted by Crippen LogP contribution is 2.41. The van der Waals surface area contributed by atoms with Crippen molar-refractivity contribution in [2.24, 2.45) is 5.16 Å². The van der Waals surface area contributed by atoms with E-state index in [-0.39, 0.29) is 46.3 Å². The fourth-order valence-corrected chi connectivity index (χ4v) is 6.77. The number of rotatable bonds is 10. The van der Waals surface area contributed by atoms with Crippen LogP contribution in [0.5, 0.6) is 0 Å². The molecule has 15 nitrogen and oxygen atoms in total. The van der Waals surface area contributed by atoms with Crippen LogP contribution in [-0.4, -0.2) is 72.3 Å². The molecule has 4 heterocycles. The van der Waals surface area contributed by atoms with E-state index in [1.54, 1.807) is 11.5 Å². The van der Waals surface area contributed by atoms with Gasteiger partial charge in [0.25, 0.3) is 11.8 Å². The summed E-state index contributed by atoms with van der Waals surface area (Å²) >= 11 is 3.43. The van der Waals surface area contributed by atoms with E-state index < -0.39 is 29.2 Å². The zero-order valence-electron chi connectivity index (χ0n) is 20.2. The van der Waals surface area contributed by atoms with Crippen molar-refractivity contribution in [1.82, 2.24) is 24.6 Å². The maximum atomic E-state index is 13.0. The van der Waals surface area contributed by atoms with E-state index >= 15 is 0 Å². The van der Waals surface area contributed by atoms with Gasteiger partial charge in [0, 0.05) is 23.0 Å². The smallest absolute Gasteiger partial charge is 0.301 e. The summed E-state index contributed by atoms with van der Waals surface area (Å²) in [5.74, 6) is -1.75. The molecule has 0 bridgehead atoms. The molecule has 0 radical (unpaired) electrons. The van der Waals surface area contributed by atoms with Crippen LogP contribution in [-0.2, 0) is 25.8 Å². The Morgan fingerprint density at radius 3 is 2.74 bits per heavy atom. The van der Waals surface area contributed by atoms with Crippen LogP contribution in [0.25, 0.3) is 0 Å². The van der Waals surface area contributed by atoms with Gasteiger partial charge in [-0.15, -0.1) is 11.8 Å². The molecule has 0 spiro atoms. The Morgan fingerprint density at radius 1 is 1.34 bits per heavy atom. The lowest BCUT2D eigenvalue weighted by Crippen LogP contribution is -2.71. The Bertz CT molecular complexity index is 1350. The van der Waals surface area contributed by atoms with Crippen LogP contribution in [0.2, 0.25) is 0 Å². The molecule has 2 aromatic heterocycles. The first-order valence-electron chi connectivity index (χ1n) is 11.2. The number of aliphatic carboxylic acids is 1. The number of carboxylic acid groups (broad SMARTS) is 1. The van der Waals surface area contributed by atoms with Crippen LogP contribution in [0.15, 0.2) is 27.6 Å². The molecule has 2 amide bonds. The molecule has 4 rings (SSSR count). The molecule has 1 fully saturated rings. The SMILES string of the molecule is CCO/N=C(\C(=O)NC1C(=O)N2C(C(=O)[O-])=C(CSc3nc(N)cc(N)[n+]3CC)CSC12)c1nsc(N)n1. The van der Waals surface area contributed by atoms with E-state index in [1.165, 1.54) is 29.6 Å². The number of carboxylic acids is 1. The van der Waals surface area contributed by atoms with Crippen LogP contribution in [0.1, 0.15) is 19.7 Å². The lowest BCUT2D eigenvalue weighted by molar-refractivity contribution is -0.719. The van der Waals surface area contributed by atoms with Crippen molar-refractivity contribution >= 4 is 75.3 Å². The second-order valence-electron chi connectivity index (χ2n) is 7.84. The molecule has 1 saturated heterocycles. The molecule has 7 N–H and O–H groups in total. The number of hydrogen-bond acceptors (Lipinski definition) is 15. The summed E-state index contributed by atoms with van der Waals surface area (Å²) in [6.45, 7) is 4.29. The highest BCUT2D eigenvalue weighted by molar-refractivity contribution is 8.01. The minimum absolute atomic E-state index is 0.0480. The first kappa shape index (κ1) is 27.4. The van der Waals surface area contributed by atoms with E-state index in [0.29, 0.717) is 23.1 Å². The minimum atomic E-state index is -1.49. The molecule has 2 aromatic rings. The third-order valence-corrected chi connectivity index (χ3v) is 8.38. The molecule has 38 heavy (non-hydrogen) atoms. The third kappa shape index (κ3) is 5.32. The predicted octanol–water partition coefficient (Wildman–Crippen LogP) is -2.08. The Labute approximate surface area is 229 Å². The van der Waals surface area contributed by atoms with Gasteiger partial charge in [0.1, 0.15) is 18.0 Å². The topological polar surface area (TPSA) is 232 Å². The summed E-state index contributed by atoms with van der Waals surface area (Å²) in [6, 6.07) is 0.536. The zero-order valence-corrected chi connectivity index (χ0v) is 22.7. The maximum absolute atomic E-state index is 13.0. The molecule has 2 aliphatic heterocycles. The highest BCUT2D eigenvalue weighted by Gasteiger charge is 2.53. The number of oxime groups is 1. The van der Waals surface area contributed by atoms with Gasteiger partial charge in [-0.1, -0.05) is 10.1 Å². The molecule has 0 aliphatic carbocycles. The van der Waals surface area contributed by atoms with Gasteiger partial charge in [0.15, 0.2) is 5.13 Å². The number of anilines is 3. The van der Waals surface area contributed by atoms with E-state index in [9.17, 15) is 19.5 Å². The van der Waals surface area contributed by atoms with Crippen LogP contribution < -0.4 is 32.2 Å². The summed E-state index contributed by atoms with van der Waals surface area (Å²) in [5, 5.41) is 18.4. The molecule has 18 heteroatoms. The zero-order chi connectivity index (χ0) is 27.6. The Kier molecular flexibility index (Phi) is 8.22. The lowest BCUT2D eigenvalue weighted by Gasteiger charge is -2.50. The van der Waals surface area contributed by atoms with Gasteiger partial charge in [0.05, 0.1) is 24.3 Å². The lowest BCUT2D eigenvalue weighted by atomic mass is 10.0. The number of nitrogen functional groups attached to an aromatic ring is 3. The average molecular weight is 581 g/mol. The normalized spacial score (nSPS) is 19.2. The fourth-order valence-electron chi connectivity index (χ4n) is 3.76. The molecule has 2 aliphatic rings. The van der Waals surface area contributed by atoms with Crippen molar-refractivity contribution in [2.45, 2.75) is 37.0 Å². The van der Waals surface area contributed by atoms with Gasteiger partial charge in [-0.05, 0) is 31.2 Å².